The number of Topliss-reactive ketones (excluding diaryl/α,β-unsaturated/α-hetero) is 1. The summed E-state index contributed by atoms with van der Waals surface area (Å²) in [5.74, 6) is 2.25. The molecule has 1 fully saturated rings. The van der Waals surface area contributed by atoms with Crippen molar-refractivity contribution < 1.29 is 4.79 Å². The molecule has 1 aromatic carbocycles. The molecule has 0 aliphatic heterocycles. The van der Waals surface area contributed by atoms with Gasteiger partial charge in [-0.25, -0.2) is 0 Å². The second kappa shape index (κ2) is 6.63. The van der Waals surface area contributed by atoms with E-state index < -0.39 is 0 Å². The van der Waals surface area contributed by atoms with Crippen LogP contribution in [0.5, 0.6) is 0 Å². The van der Waals surface area contributed by atoms with Crippen LogP contribution in [0, 0.1) is 11.8 Å². The number of ketones is 1. The van der Waals surface area contributed by atoms with Gasteiger partial charge in [0, 0.05) is 28.0 Å². The Kier molecular flexibility index (Phi) is 5.13. The molecule has 98 valence electrons. The number of halogens is 1. The molecular weight excluding hydrogens is 264 g/mol. The van der Waals surface area contributed by atoms with Gasteiger partial charge in [0.05, 0.1) is 0 Å². The molecule has 0 amide bonds. The summed E-state index contributed by atoms with van der Waals surface area (Å²) in [4.78, 5) is 13.1. The van der Waals surface area contributed by atoms with Crippen LogP contribution in [-0.4, -0.2) is 11.5 Å². The third-order valence-electron chi connectivity index (χ3n) is 3.62. The van der Waals surface area contributed by atoms with Crippen molar-refractivity contribution in [3.05, 3.63) is 29.3 Å². The van der Waals surface area contributed by atoms with Crippen LogP contribution in [0.15, 0.2) is 29.2 Å². The lowest BCUT2D eigenvalue weighted by Crippen LogP contribution is -2.26. The Bertz CT molecular complexity index is 401. The second-order valence-electron chi connectivity index (χ2n) is 5.06. The van der Waals surface area contributed by atoms with Crippen LogP contribution in [0.2, 0.25) is 5.02 Å². The Balaban J connectivity index is 1.85. The third kappa shape index (κ3) is 3.76. The van der Waals surface area contributed by atoms with Crippen LogP contribution >= 0.6 is 23.4 Å². The minimum Gasteiger partial charge on any atom is -0.299 e. The molecule has 18 heavy (non-hydrogen) atoms. The Morgan fingerprint density at radius 3 is 2.72 bits per heavy atom. The molecule has 1 aliphatic carbocycles. The minimum absolute atomic E-state index is 0.290. The van der Waals surface area contributed by atoms with Gasteiger partial charge < -0.3 is 0 Å². The Morgan fingerprint density at radius 2 is 2.06 bits per heavy atom. The summed E-state index contributed by atoms with van der Waals surface area (Å²) in [6.45, 7) is 2.21. The van der Waals surface area contributed by atoms with E-state index in [1.54, 1.807) is 0 Å². The normalized spacial score (nSPS) is 21.9. The van der Waals surface area contributed by atoms with E-state index in [0.29, 0.717) is 17.6 Å². The molecule has 2 rings (SSSR count). The highest BCUT2D eigenvalue weighted by Crippen LogP contribution is 2.31. The van der Waals surface area contributed by atoms with Crippen LogP contribution < -0.4 is 0 Å². The van der Waals surface area contributed by atoms with Crippen LogP contribution in [0.1, 0.15) is 32.6 Å². The van der Waals surface area contributed by atoms with Crippen molar-refractivity contribution in [2.75, 3.05) is 5.75 Å². The minimum atomic E-state index is 0.290. The van der Waals surface area contributed by atoms with Gasteiger partial charge in [-0.15, -0.1) is 11.8 Å². The highest BCUT2D eigenvalue weighted by Gasteiger charge is 2.27. The van der Waals surface area contributed by atoms with E-state index in [-0.39, 0.29) is 0 Å². The number of thioether (sulfide) groups is 1. The van der Waals surface area contributed by atoms with Gasteiger partial charge in [-0.05, 0) is 43.0 Å². The first-order valence-electron chi connectivity index (χ1n) is 6.58. The standard InChI is InChI=1S/C15H19ClOS/c1-11(14-4-2-3-5-15(14)17)10-18-13-8-6-12(16)7-9-13/h6-9,11,14H,2-5,10H2,1H3/t11-,14-/m1/s1. The molecule has 1 aliphatic rings. The van der Waals surface area contributed by atoms with Crippen LogP contribution in [-0.2, 0) is 4.79 Å². The van der Waals surface area contributed by atoms with Crippen LogP contribution in [0.3, 0.4) is 0 Å². The molecule has 1 saturated carbocycles. The second-order valence-corrected chi connectivity index (χ2v) is 6.59. The summed E-state index contributed by atoms with van der Waals surface area (Å²) in [5, 5.41) is 0.773. The molecule has 0 unspecified atom stereocenters. The van der Waals surface area contributed by atoms with E-state index in [9.17, 15) is 4.79 Å². The molecule has 0 spiro atoms. The molecule has 2 atom stereocenters. The summed E-state index contributed by atoms with van der Waals surface area (Å²) < 4.78 is 0. The molecule has 1 nitrogen and oxygen atoms in total. The monoisotopic (exact) mass is 282 g/mol. The van der Waals surface area contributed by atoms with Gasteiger partial charge >= 0.3 is 0 Å². The van der Waals surface area contributed by atoms with Crippen LogP contribution in [0.4, 0.5) is 0 Å². The van der Waals surface area contributed by atoms with Crippen molar-refractivity contribution in [3.63, 3.8) is 0 Å². The first-order chi connectivity index (χ1) is 8.66. The quantitative estimate of drug-likeness (QED) is 0.736. The number of hydrogen-bond acceptors (Lipinski definition) is 2. The van der Waals surface area contributed by atoms with Crippen molar-refractivity contribution in [1.29, 1.82) is 0 Å². The summed E-state index contributed by atoms with van der Waals surface area (Å²) in [5.41, 5.74) is 0. The molecule has 0 radical (unpaired) electrons. The molecule has 0 N–H and O–H groups in total. The average molecular weight is 283 g/mol. The SMILES string of the molecule is C[C@H](CSc1ccc(Cl)cc1)[C@H]1CCCCC1=O. The summed E-state index contributed by atoms with van der Waals surface area (Å²) in [6, 6.07) is 7.92. The molecular formula is C15H19ClOS. The zero-order valence-corrected chi connectivity index (χ0v) is 12.3. The number of benzene rings is 1. The van der Waals surface area contributed by atoms with E-state index in [2.05, 4.69) is 6.92 Å². The topological polar surface area (TPSA) is 17.1 Å². The summed E-state index contributed by atoms with van der Waals surface area (Å²) >= 11 is 7.68. The fourth-order valence-corrected chi connectivity index (χ4v) is 3.63. The third-order valence-corrected chi connectivity index (χ3v) is 5.17. The van der Waals surface area contributed by atoms with Crippen molar-refractivity contribution in [2.24, 2.45) is 11.8 Å². The number of carbonyl (C=O) groups excluding carboxylic acids is 1. The lowest BCUT2D eigenvalue weighted by atomic mass is 9.81. The van der Waals surface area contributed by atoms with E-state index in [4.69, 9.17) is 11.6 Å². The smallest absolute Gasteiger partial charge is 0.136 e. The zero-order valence-electron chi connectivity index (χ0n) is 10.7. The molecule has 0 bridgehead atoms. The van der Waals surface area contributed by atoms with E-state index >= 15 is 0 Å². The van der Waals surface area contributed by atoms with Gasteiger partial charge in [0.25, 0.3) is 0 Å². The molecule has 1 aromatic rings. The Labute approximate surface area is 118 Å². The molecule has 3 heteroatoms. The van der Waals surface area contributed by atoms with Crippen LogP contribution in [0.25, 0.3) is 0 Å². The van der Waals surface area contributed by atoms with Crippen molar-refractivity contribution in [2.45, 2.75) is 37.5 Å². The Hall–Kier alpha value is -0.470. The van der Waals surface area contributed by atoms with Crippen molar-refractivity contribution in [1.82, 2.24) is 0 Å². The lowest BCUT2D eigenvalue weighted by molar-refractivity contribution is -0.125. The highest BCUT2D eigenvalue weighted by molar-refractivity contribution is 7.99. The molecule has 0 heterocycles. The maximum atomic E-state index is 11.9. The number of carbonyl (C=O) groups is 1. The molecule has 0 saturated heterocycles. The highest BCUT2D eigenvalue weighted by atomic mass is 35.5. The lowest BCUT2D eigenvalue weighted by Gasteiger charge is -2.26. The van der Waals surface area contributed by atoms with Crippen molar-refractivity contribution in [3.8, 4) is 0 Å². The maximum absolute atomic E-state index is 11.9. The van der Waals surface area contributed by atoms with Gasteiger partial charge in [-0.1, -0.05) is 24.9 Å². The van der Waals surface area contributed by atoms with Crippen molar-refractivity contribution >= 4 is 29.1 Å². The van der Waals surface area contributed by atoms with E-state index in [0.717, 1.165) is 30.0 Å². The van der Waals surface area contributed by atoms with Gasteiger partial charge in [-0.2, -0.15) is 0 Å². The fourth-order valence-electron chi connectivity index (χ4n) is 2.49. The Morgan fingerprint density at radius 1 is 1.33 bits per heavy atom. The number of hydrogen-bond donors (Lipinski definition) is 0. The average Bonchev–Trinajstić information content (AvgIpc) is 2.38. The predicted octanol–water partition coefficient (Wildman–Crippen LogP) is 4.83. The van der Waals surface area contributed by atoms with Gasteiger partial charge in [0.2, 0.25) is 0 Å². The number of rotatable bonds is 4. The van der Waals surface area contributed by atoms with Gasteiger partial charge in [0.1, 0.15) is 5.78 Å². The first-order valence-corrected chi connectivity index (χ1v) is 7.94. The van der Waals surface area contributed by atoms with Gasteiger partial charge in [-0.3, -0.25) is 4.79 Å². The molecule has 0 aromatic heterocycles. The fraction of sp³-hybridized carbons (Fsp3) is 0.533. The summed E-state index contributed by atoms with van der Waals surface area (Å²) in [7, 11) is 0. The largest absolute Gasteiger partial charge is 0.299 e. The van der Waals surface area contributed by atoms with E-state index in [1.807, 2.05) is 36.0 Å². The van der Waals surface area contributed by atoms with Gasteiger partial charge in [0.15, 0.2) is 0 Å². The first kappa shape index (κ1) is 14.0. The maximum Gasteiger partial charge on any atom is 0.136 e. The predicted molar refractivity (Wildman–Crippen MR) is 78.3 cm³/mol. The zero-order chi connectivity index (χ0) is 13.0. The van der Waals surface area contributed by atoms with E-state index in [1.165, 1.54) is 11.3 Å². The summed E-state index contributed by atoms with van der Waals surface area (Å²) in [6.07, 6.45) is 4.18.